The number of aliphatic carboxylic acids is 1. The number of para-hydroxylation sites is 1. The number of likely N-dealkylation sites (N-methyl/N-ethyl adjacent to an activating group) is 1. The zero-order valence-electron chi connectivity index (χ0n) is 24.2. The minimum Gasteiger partial charge on any atom is -0.481 e. The average molecular weight is 666 g/mol. The van der Waals surface area contributed by atoms with Crippen molar-refractivity contribution >= 4 is 56.7 Å². The van der Waals surface area contributed by atoms with E-state index in [2.05, 4.69) is 10.6 Å². The normalized spacial score (nSPS) is 13.2. The Morgan fingerprint density at radius 2 is 1.61 bits per heavy atom. The lowest BCUT2D eigenvalue weighted by molar-refractivity contribution is -0.134. The van der Waals surface area contributed by atoms with Crippen LogP contribution in [0, 0.1) is 0 Å². The zero-order chi connectivity index (χ0) is 32.3. The summed E-state index contributed by atoms with van der Waals surface area (Å²) in [4.78, 5) is 42.0. The van der Waals surface area contributed by atoms with Gasteiger partial charge in [-0.15, -0.1) is 0 Å². The number of amides is 2. The number of piperidine rings is 1. The van der Waals surface area contributed by atoms with Crippen LogP contribution in [0.1, 0.15) is 37.0 Å². The first-order valence-electron chi connectivity index (χ1n) is 13.8. The van der Waals surface area contributed by atoms with Crippen LogP contribution in [0.15, 0.2) is 77.7 Å². The summed E-state index contributed by atoms with van der Waals surface area (Å²) in [5.74, 6) is -1.38. The molecule has 1 aliphatic heterocycles. The number of hydrogen-bond acceptors (Lipinski definition) is 7. The van der Waals surface area contributed by atoms with Gasteiger partial charge in [0.15, 0.2) is 5.75 Å². The summed E-state index contributed by atoms with van der Waals surface area (Å²) < 4.78 is 28.1. The molecule has 3 N–H and O–H groups in total. The van der Waals surface area contributed by atoms with E-state index in [-0.39, 0.29) is 45.4 Å². The van der Waals surface area contributed by atoms with Crippen LogP contribution in [0.3, 0.4) is 0 Å². The molecule has 1 heterocycles. The summed E-state index contributed by atoms with van der Waals surface area (Å²) in [5.41, 5.74) is 0.452. The molecule has 0 radical (unpaired) electrons. The van der Waals surface area contributed by atoms with Crippen molar-refractivity contribution in [3.63, 3.8) is 0 Å². The van der Waals surface area contributed by atoms with Crippen molar-refractivity contribution < 1.29 is 32.7 Å². The van der Waals surface area contributed by atoms with Crippen LogP contribution in [0.25, 0.3) is 0 Å². The lowest BCUT2D eigenvalue weighted by atomic mass is 10.0. The summed E-state index contributed by atoms with van der Waals surface area (Å²) in [7, 11) is -4.25. The Kier molecular flexibility index (Phi) is 12.8. The summed E-state index contributed by atoms with van der Waals surface area (Å²) in [6.45, 7) is 5.14. The average Bonchev–Trinajstić information content (AvgIpc) is 3.00. The van der Waals surface area contributed by atoms with E-state index in [0.29, 0.717) is 11.6 Å². The summed E-state index contributed by atoms with van der Waals surface area (Å²) in [5, 5.41) is 13.8. The summed E-state index contributed by atoms with van der Waals surface area (Å²) in [6, 6.07) is 18.2. The molecule has 0 atom stereocenters. The molecule has 0 aromatic heterocycles. The minimum atomic E-state index is -4.25. The van der Waals surface area contributed by atoms with Crippen molar-refractivity contribution in [3.05, 3.63) is 88.4 Å². The Morgan fingerprint density at radius 1 is 1.00 bits per heavy atom. The van der Waals surface area contributed by atoms with Gasteiger partial charge in [0.1, 0.15) is 0 Å². The molecule has 0 bridgehead atoms. The SMILES string of the molecule is CC(=O)O.CCN(C(=O)CNC(=O)c1ccc(S(=O)(=O)N(Oc2ccc(Cl)cc2Cl)c2ccccc2)cc1)C1CCNCC1. The molecule has 236 valence electrons. The van der Waals surface area contributed by atoms with Gasteiger partial charge in [0.2, 0.25) is 5.91 Å². The third-order valence-electron chi connectivity index (χ3n) is 6.49. The molecule has 11 nitrogen and oxygen atoms in total. The molecule has 3 aromatic carbocycles. The van der Waals surface area contributed by atoms with Crippen LogP contribution >= 0.6 is 23.2 Å². The molecule has 2 amide bonds. The predicted molar refractivity (Wildman–Crippen MR) is 169 cm³/mol. The third kappa shape index (κ3) is 9.58. The van der Waals surface area contributed by atoms with E-state index in [0.717, 1.165) is 37.3 Å². The van der Waals surface area contributed by atoms with Gasteiger partial charge in [-0.05, 0) is 87.5 Å². The largest absolute Gasteiger partial charge is 0.481 e. The fourth-order valence-electron chi connectivity index (χ4n) is 4.42. The molecule has 0 saturated carbocycles. The fourth-order valence-corrected chi connectivity index (χ4v) is 6.11. The lowest BCUT2D eigenvalue weighted by Crippen LogP contribution is -2.49. The van der Waals surface area contributed by atoms with E-state index in [1.165, 1.54) is 42.5 Å². The molecule has 0 aliphatic carbocycles. The number of rotatable bonds is 10. The Labute approximate surface area is 266 Å². The Bertz CT molecular complexity index is 1530. The van der Waals surface area contributed by atoms with Crippen molar-refractivity contribution in [2.75, 3.05) is 30.6 Å². The standard InChI is InChI=1S/C28H30Cl2N4O5S.C2H4O2/c1-2-33(22-14-16-31-17-15-22)27(35)19-32-28(36)20-8-11-24(12-9-20)40(37,38)34(23-6-4-3-5-7-23)39-26-13-10-21(29)18-25(26)30;1-2(3)4/h3-13,18,22,31H,2,14-17,19H2,1H3,(H,32,36);1H3,(H,3,4). The molecule has 44 heavy (non-hydrogen) atoms. The molecule has 1 saturated heterocycles. The molecule has 0 unspecified atom stereocenters. The number of nitrogens with one attached hydrogen (secondary N) is 2. The minimum absolute atomic E-state index is 0.0878. The number of halogens is 2. The van der Waals surface area contributed by atoms with Crippen molar-refractivity contribution in [3.8, 4) is 5.75 Å². The van der Waals surface area contributed by atoms with E-state index in [4.69, 9.17) is 37.9 Å². The van der Waals surface area contributed by atoms with E-state index in [1.54, 1.807) is 35.2 Å². The molecule has 1 fully saturated rings. The second-order valence-corrected chi connectivity index (χ2v) is 12.2. The highest BCUT2D eigenvalue weighted by Gasteiger charge is 2.29. The third-order valence-corrected chi connectivity index (χ3v) is 8.61. The number of carbonyl (C=O) groups is 3. The van der Waals surface area contributed by atoms with Gasteiger partial charge in [0.05, 0.1) is 22.2 Å². The number of carbonyl (C=O) groups excluding carboxylic acids is 2. The number of nitrogens with zero attached hydrogens (tertiary/aromatic N) is 2. The second kappa shape index (κ2) is 16.3. The molecular formula is C30H34Cl2N4O7S. The number of anilines is 1. The van der Waals surface area contributed by atoms with Gasteiger partial charge in [-0.2, -0.15) is 8.42 Å². The first-order chi connectivity index (χ1) is 20.9. The van der Waals surface area contributed by atoms with Crippen molar-refractivity contribution in [1.82, 2.24) is 15.5 Å². The van der Waals surface area contributed by atoms with Gasteiger partial charge in [0.25, 0.3) is 21.9 Å². The van der Waals surface area contributed by atoms with Crippen LogP contribution in [0.5, 0.6) is 5.75 Å². The lowest BCUT2D eigenvalue weighted by Gasteiger charge is -2.34. The number of carboxylic acids is 1. The van der Waals surface area contributed by atoms with Crippen LogP contribution < -0.4 is 19.9 Å². The number of hydrogen-bond donors (Lipinski definition) is 3. The highest BCUT2D eigenvalue weighted by molar-refractivity contribution is 7.92. The first kappa shape index (κ1) is 34.6. The molecule has 4 rings (SSSR count). The Hall–Kier alpha value is -3.84. The van der Waals surface area contributed by atoms with E-state index >= 15 is 0 Å². The topological polar surface area (TPSA) is 145 Å². The van der Waals surface area contributed by atoms with Crippen LogP contribution in [0.4, 0.5) is 5.69 Å². The number of carboxylic acid groups (broad SMARTS) is 1. The van der Waals surface area contributed by atoms with Gasteiger partial charge >= 0.3 is 0 Å². The van der Waals surface area contributed by atoms with Crippen LogP contribution in [-0.2, 0) is 19.6 Å². The monoisotopic (exact) mass is 664 g/mol. The van der Waals surface area contributed by atoms with E-state index < -0.39 is 21.9 Å². The fraction of sp³-hybridized carbons (Fsp3) is 0.300. The van der Waals surface area contributed by atoms with Gasteiger partial charge in [0, 0.05) is 30.1 Å². The number of benzene rings is 3. The van der Waals surface area contributed by atoms with Crippen molar-refractivity contribution in [2.24, 2.45) is 0 Å². The molecule has 0 spiro atoms. The molecule has 14 heteroatoms. The summed E-state index contributed by atoms with van der Waals surface area (Å²) in [6.07, 6.45) is 1.74. The second-order valence-electron chi connectivity index (χ2n) is 9.62. The van der Waals surface area contributed by atoms with Crippen molar-refractivity contribution in [1.29, 1.82) is 0 Å². The van der Waals surface area contributed by atoms with Crippen molar-refractivity contribution in [2.45, 2.75) is 37.6 Å². The smallest absolute Gasteiger partial charge is 0.300 e. The van der Waals surface area contributed by atoms with Crippen LogP contribution in [0.2, 0.25) is 10.0 Å². The quantitative estimate of drug-likeness (QED) is 0.267. The van der Waals surface area contributed by atoms with E-state index in [9.17, 15) is 18.0 Å². The van der Waals surface area contributed by atoms with Gasteiger partial charge in [-0.3, -0.25) is 14.4 Å². The highest BCUT2D eigenvalue weighted by Crippen LogP contribution is 2.32. The summed E-state index contributed by atoms with van der Waals surface area (Å²) >= 11 is 12.2. The van der Waals surface area contributed by atoms with Crippen LogP contribution in [-0.4, -0.2) is 68.4 Å². The van der Waals surface area contributed by atoms with E-state index in [1.807, 2.05) is 6.92 Å². The zero-order valence-corrected chi connectivity index (χ0v) is 26.5. The maximum atomic E-state index is 13.6. The first-order valence-corrected chi connectivity index (χ1v) is 15.9. The molecule has 1 aliphatic rings. The molecular weight excluding hydrogens is 631 g/mol. The van der Waals surface area contributed by atoms with Gasteiger partial charge < -0.3 is 25.5 Å². The maximum absolute atomic E-state index is 13.6. The Balaban J connectivity index is 0.00000124. The predicted octanol–water partition coefficient (Wildman–Crippen LogP) is 4.60. The van der Waals surface area contributed by atoms with Gasteiger partial charge in [-0.1, -0.05) is 45.9 Å². The Morgan fingerprint density at radius 3 is 2.18 bits per heavy atom. The number of sulfonamides is 1. The maximum Gasteiger partial charge on any atom is 0.300 e. The molecule has 3 aromatic rings. The van der Waals surface area contributed by atoms with Gasteiger partial charge in [-0.25, -0.2) is 0 Å². The highest BCUT2D eigenvalue weighted by atomic mass is 35.5.